The van der Waals surface area contributed by atoms with Crippen LogP contribution in [0.15, 0.2) is 60.7 Å². The van der Waals surface area contributed by atoms with Crippen molar-refractivity contribution in [1.29, 1.82) is 0 Å². The Hall–Kier alpha value is -1.60. The molecule has 0 aliphatic carbocycles. The summed E-state index contributed by atoms with van der Waals surface area (Å²) in [6.45, 7) is 4.27. The molecule has 1 heteroatoms. The van der Waals surface area contributed by atoms with E-state index in [-0.39, 0.29) is 0 Å². The van der Waals surface area contributed by atoms with Gasteiger partial charge in [-0.25, -0.2) is 0 Å². The van der Waals surface area contributed by atoms with Gasteiger partial charge >= 0.3 is 0 Å². The highest BCUT2D eigenvalue weighted by Crippen LogP contribution is 2.36. The summed E-state index contributed by atoms with van der Waals surface area (Å²) in [6.07, 6.45) is 7.12. The third-order valence-electron chi connectivity index (χ3n) is 5.27. The summed E-state index contributed by atoms with van der Waals surface area (Å²) in [7, 11) is 0. The van der Waals surface area contributed by atoms with E-state index in [9.17, 15) is 5.11 Å². The van der Waals surface area contributed by atoms with Crippen molar-refractivity contribution in [2.75, 3.05) is 0 Å². The van der Waals surface area contributed by atoms with Crippen LogP contribution in [-0.2, 0) is 0 Å². The standard InChI is InChI=1S/C24H33O/c1-3-5-8-17-22(20-13-9-6-10-14-20)18-23(19-24(25)4-2)21-15-11-7-12-16-21/h6-7,9-16,22-24H,3-5,8,17-19H2,1-2H3/q-1. The van der Waals surface area contributed by atoms with Gasteiger partial charge < -0.3 is 5.11 Å². The van der Waals surface area contributed by atoms with Crippen molar-refractivity contribution >= 4 is 0 Å². The van der Waals surface area contributed by atoms with E-state index in [4.69, 9.17) is 0 Å². The summed E-state index contributed by atoms with van der Waals surface area (Å²) >= 11 is 0. The lowest BCUT2D eigenvalue weighted by atomic mass is 9.80. The minimum atomic E-state index is -0.461. The van der Waals surface area contributed by atoms with E-state index in [1.54, 1.807) is 0 Å². The fraction of sp³-hybridized carbons (Fsp3) is 0.500. The molecule has 0 aromatic heterocycles. The Labute approximate surface area is 154 Å². The van der Waals surface area contributed by atoms with E-state index < -0.39 is 6.10 Å². The van der Waals surface area contributed by atoms with Crippen LogP contribution in [0.1, 0.15) is 81.8 Å². The first-order chi connectivity index (χ1) is 12.2. The zero-order chi connectivity index (χ0) is 17.9. The molecule has 25 heavy (non-hydrogen) atoms. The number of hydrogen-bond donors (Lipinski definition) is 0. The van der Waals surface area contributed by atoms with Gasteiger partial charge in [-0.1, -0.05) is 107 Å². The Balaban J connectivity index is 2.18. The Morgan fingerprint density at radius 2 is 1.28 bits per heavy atom. The Morgan fingerprint density at radius 3 is 1.80 bits per heavy atom. The lowest BCUT2D eigenvalue weighted by molar-refractivity contribution is -0.422. The predicted molar refractivity (Wildman–Crippen MR) is 106 cm³/mol. The molecule has 0 saturated heterocycles. The molecule has 2 aromatic rings. The summed E-state index contributed by atoms with van der Waals surface area (Å²) in [5, 5.41) is 12.3. The number of benzene rings is 2. The van der Waals surface area contributed by atoms with Crippen LogP contribution in [0.3, 0.4) is 0 Å². The largest absolute Gasteiger partial charge is 0.852 e. The predicted octanol–water partition coefficient (Wildman–Crippen LogP) is 6.05. The second kappa shape index (κ2) is 11.1. The first-order valence-electron chi connectivity index (χ1n) is 10.00. The minimum Gasteiger partial charge on any atom is -0.852 e. The van der Waals surface area contributed by atoms with Gasteiger partial charge in [0.05, 0.1) is 0 Å². The molecule has 3 atom stereocenters. The highest BCUT2D eigenvalue weighted by Gasteiger charge is 2.20. The molecule has 0 aliphatic rings. The molecule has 0 aliphatic heterocycles. The minimum absolute atomic E-state index is 0.357. The molecule has 0 N–H and O–H groups in total. The van der Waals surface area contributed by atoms with Crippen LogP contribution in [0, 0.1) is 0 Å². The van der Waals surface area contributed by atoms with Crippen LogP contribution in [-0.4, -0.2) is 6.10 Å². The average molecular weight is 338 g/mol. The Kier molecular flexibility index (Phi) is 8.76. The van der Waals surface area contributed by atoms with Crippen molar-refractivity contribution in [1.82, 2.24) is 0 Å². The monoisotopic (exact) mass is 337 g/mol. The topological polar surface area (TPSA) is 23.1 Å². The third kappa shape index (κ3) is 6.66. The van der Waals surface area contributed by atoms with Gasteiger partial charge in [0.1, 0.15) is 0 Å². The van der Waals surface area contributed by atoms with E-state index in [0.29, 0.717) is 11.8 Å². The normalized spacial score (nSPS) is 14.8. The second-order valence-corrected chi connectivity index (χ2v) is 7.21. The lowest BCUT2D eigenvalue weighted by Gasteiger charge is -2.30. The van der Waals surface area contributed by atoms with E-state index in [0.717, 1.165) is 19.3 Å². The van der Waals surface area contributed by atoms with Gasteiger partial charge in [0, 0.05) is 0 Å². The van der Waals surface area contributed by atoms with Crippen LogP contribution in [0.5, 0.6) is 0 Å². The molecule has 3 unspecified atom stereocenters. The molecule has 136 valence electrons. The maximum absolute atomic E-state index is 12.3. The van der Waals surface area contributed by atoms with Crippen molar-refractivity contribution < 1.29 is 5.11 Å². The number of rotatable bonds is 11. The van der Waals surface area contributed by atoms with E-state index in [1.165, 1.54) is 36.8 Å². The van der Waals surface area contributed by atoms with Crippen molar-refractivity contribution in [2.45, 2.75) is 76.7 Å². The molecule has 0 spiro atoms. The quantitative estimate of drug-likeness (QED) is 0.457. The van der Waals surface area contributed by atoms with E-state index in [1.807, 2.05) is 6.92 Å². The molecular weight excluding hydrogens is 304 g/mol. The molecular formula is C24H33O-. The van der Waals surface area contributed by atoms with Gasteiger partial charge in [-0.15, -0.1) is 6.10 Å². The summed E-state index contributed by atoms with van der Waals surface area (Å²) in [5.41, 5.74) is 2.76. The smallest absolute Gasteiger partial charge is 0.0156 e. The summed E-state index contributed by atoms with van der Waals surface area (Å²) in [4.78, 5) is 0. The molecule has 0 saturated carbocycles. The molecule has 0 heterocycles. The summed E-state index contributed by atoms with van der Waals surface area (Å²) in [6, 6.07) is 21.5. The zero-order valence-corrected chi connectivity index (χ0v) is 15.9. The van der Waals surface area contributed by atoms with Crippen LogP contribution in [0.4, 0.5) is 0 Å². The van der Waals surface area contributed by atoms with Crippen LogP contribution in [0.2, 0.25) is 0 Å². The highest BCUT2D eigenvalue weighted by atomic mass is 16.3. The average Bonchev–Trinajstić information content (AvgIpc) is 2.67. The maximum Gasteiger partial charge on any atom is -0.0156 e. The summed E-state index contributed by atoms with van der Waals surface area (Å²) in [5.74, 6) is 0.900. The molecule has 2 rings (SSSR count). The van der Waals surface area contributed by atoms with Gasteiger partial charge in [0.2, 0.25) is 0 Å². The maximum atomic E-state index is 12.3. The van der Waals surface area contributed by atoms with Crippen LogP contribution >= 0.6 is 0 Å². The fourth-order valence-electron chi connectivity index (χ4n) is 3.71. The first-order valence-corrected chi connectivity index (χ1v) is 10.00. The van der Waals surface area contributed by atoms with Crippen molar-refractivity contribution in [3.8, 4) is 0 Å². The van der Waals surface area contributed by atoms with Gasteiger partial charge in [0.25, 0.3) is 0 Å². The molecule has 0 amide bonds. The molecule has 0 radical (unpaired) electrons. The molecule has 1 nitrogen and oxygen atoms in total. The lowest BCUT2D eigenvalue weighted by Crippen LogP contribution is -2.27. The second-order valence-electron chi connectivity index (χ2n) is 7.21. The Bertz CT molecular complexity index is 563. The first kappa shape index (κ1) is 19.7. The number of hydrogen-bond acceptors (Lipinski definition) is 1. The third-order valence-corrected chi connectivity index (χ3v) is 5.27. The SMILES string of the molecule is CCCCCC(CC(CC([O-])CC)c1ccccc1)c1ccccc1. The van der Waals surface area contributed by atoms with Gasteiger partial charge in [-0.3, -0.25) is 0 Å². The van der Waals surface area contributed by atoms with Crippen molar-refractivity contribution in [2.24, 2.45) is 0 Å². The Morgan fingerprint density at radius 1 is 0.720 bits per heavy atom. The van der Waals surface area contributed by atoms with Gasteiger partial charge in [-0.05, 0) is 35.8 Å². The fourth-order valence-corrected chi connectivity index (χ4v) is 3.71. The number of unbranched alkanes of at least 4 members (excludes halogenated alkanes) is 2. The van der Waals surface area contributed by atoms with E-state index >= 15 is 0 Å². The molecule has 0 bridgehead atoms. The van der Waals surface area contributed by atoms with Crippen LogP contribution in [0.25, 0.3) is 0 Å². The highest BCUT2D eigenvalue weighted by molar-refractivity contribution is 5.24. The van der Waals surface area contributed by atoms with Gasteiger partial charge in [0.15, 0.2) is 0 Å². The zero-order valence-electron chi connectivity index (χ0n) is 15.9. The van der Waals surface area contributed by atoms with Gasteiger partial charge in [-0.2, -0.15) is 0 Å². The summed E-state index contributed by atoms with van der Waals surface area (Å²) < 4.78 is 0. The van der Waals surface area contributed by atoms with Crippen molar-refractivity contribution in [3.05, 3.63) is 71.8 Å². The molecule has 2 aromatic carbocycles. The molecule has 0 fully saturated rings. The van der Waals surface area contributed by atoms with E-state index in [2.05, 4.69) is 67.6 Å². The van der Waals surface area contributed by atoms with Crippen molar-refractivity contribution in [3.63, 3.8) is 0 Å². The van der Waals surface area contributed by atoms with Crippen LogP contribution < -0.4 is 5.11 Å².